The summed E-state index contributed by atoms with van der Waals surface area (Å²) in [4.78, 5) is 37.5. The minimum Gasteiger partial charge on any atom is -0.347 e. The maximum atomic E-state index is 12.3. The first-order valence-corrected chi connectivity index (χ1v) is 8.25. The third-order valence-electron chi connectivity index (χ3n) is 4.24. The molecule has 2 amide bonds. The van der Waals surface area contributed by atoms with E-state index in [0.717, 1.165) is 36.2 Å². The normalized spacial score (nSPS) is 13.7. The molecule has 1 N–H and O–H groups in total. The van der Waals surface area contributed by atoms with Gasteiger partial charge in [0, 0.05) is 38.3 Å². The molecule has 3 rings (SSSR count). The minimum absolute atomic E-state index is 0.0579. The maximum Gasteiger partial charge on any atom is 0.271 e. The molecule has 0 saturated carbocycles. The highest BCUT2D eigenvalue weighted by Crippen LogP contribution is 2.13. The van der Waals surface area contributed by atoms with Gasteiger partial charge in [0.2, 0.25) is 0 Å². The monoisotopic (exact) mass is 340 g/mol. The van der Waals surface area contributed by atoms with Crippen molar-refractivity contribution in [3.05, 3.63) is 63.6 Å². The Morgan fingerprint density at radius 3 is 2.40 bits per heavy atom. The van der Waals surface area contributed by atoms with Gasteiger partial charge < -0.3 is 10.2 Å². The lowest BCUT2D eigenvalue weighted by atomic mass is 10.1. The number of hydrogen-bond acceptors (Lipinski definition) is 4. The van der Waals surface area contributed by atoms with Crippen LogP contribution in [0.15, 0.2) is 41.2 Å². The summed E-state index contributed by atoms with van der Waals surface area (Å²) < 4.78 is 1.12. The van der Waals surface area contributed by atoms with Crippen LogP contribution in [0.1, 0.15) is 39.3 Å². The summed E-state index contributed by atoms with van der Waals surface area (Å²) in [6, 6.07) is 9.94. The maximum absolute atomic E-state index is 12.3. The Morgan fingerprint density at radius 1 is 1.08 bits per heavy atom. The van der Waals surface area contributed by atoms with Crippen LogP contribution in [0.25, 0.3) is 0 Å². The molecule has 1 saturated heterocycles. The summed E-state index contributed by atoms with van der Waals surface area (Å²) in [6.45, 7) is 1.97. The lowest BCUT2D eigenvalue weighted by Crippen LogP contribution is -2.28. The van der Waals surface area contributed by atoms with Gasteiger partial charge >= 0.3 is 0 Å². The molecular formula is C18H20N4O3. The van der Waals surface area contributed by atoms with Gasteiger partial charge in [-0.05, 0) is 36.6 Å². The SMILES string of the molecule is Cn1nc(C(=O)NCc2ccc(C(=O)N3CCCC3)cc2)ccc1=O. The van der Waals surface area contributed by atoms with E-state index in [9.17, 15) is 14.4 Å². The zero-order valence-corrected chi connectivity index (χ0v) is 14.1. The Kier molecular flexibility index (Phi) is 4.92. The molecule has 0 atom stereocenters. The Hall–Kier alpha value is -2.96. The molecule has 0 bridgehead atoms. The van der Waals surface area contributed by atoms with Crippen molar-refractivity contribution in [2.75, 3.05) is 13.1 Å². The van der Waals surface area contributed by atoms with Gasteiger partial charge in [-0.25, -0.2) is 4.68 Å². The molecule has 7 nitrogen and oxygen atoms in total. The molecule has 0 spiro atoms. The number of nitrogens with one attached hydrogen (secondary N) is 1. The third-order valence-corrected chi connectivity index (χ3v) is 4.24. The fourth-order valence-electron chi connectivity index (χ4n) is 2.76. The van der Waals surface area contributed by atoms with Crippen molar-refractivity contribution < 1.29 is 9.59 Å². The molecule has 7 heteroatoms. The van der Waals surface area contributed by atoms with Crippen LogP contribution in [0.4, 0.5) is 0 Å². The molecule has 25 heavy (non-hydrogen) atoms. The number of aromatic nitrogens is 2. The van der Waals surface area contributed by atoms with Crippen LogP contribution in [-0.4, -0.2) is 39.6 Å². The Morgan fingerprint density at radius 2 is 1.76 bits per heavy atom. The van der Waals surface area contributed by atoms with E-state index in [-0.39, 0.29) is 23.1 Å². The second-order valence-corrected chi connectivity index (χ2v) is 6.06. The van der Waals surface area contributed by atoms with Crippen LogP contribution in [0.5, 0.6) is 0 Å². The quantitative estimate of drug-likeness (QED) is 0.898. The van der Waals surface area contributed by atoms with Gasteiger partial charge in [0.15, 0.2) is 0 Å². The number of carbonyl (C=O) groups is 2. The molecule has 0 aliphatic carbocycles. The average molecular weight is 340 g/mol. The largest absolute Gasteiger partial charge is 0.347 e. The van der Waals surface area contributed by atoms with Gasteiger partial charge in [0.25, 0.3) is 17.4 Å². The van der Waals surface area contributed by atoms with Crippen molar-refractivity contribution in [1.82, 2.24) is 20.0 Å². The molecule has 130 valence electrons. The van der Waals surface area contributed by atoms with Crippen LogP contribution < -0.4 is 10.9 Å². The molecule has 2 aromatic rings. The fourth-order valence-corrected chi connectivity index (χ4v) is 2.76. The Labute approximate surface area is 145 Å². The van der Waals surface area contributed by atoms with E-state index < -0.39 is 0 Å². The predicted octanol–water partition coefficient (Wildman–Crippen LogP) is 0.946. The molecule has 2 heterocycles. The minimum atomic E-state index is -0.354. The van der Waals surface area contributed by atoms with Crippen LogP contribution in [0.3, 0.4) is 0 Å². The molecule has 1 aliphatic heterocycles. The highest BCUT2D eigenvalue weighted by atomic mass is 16.2. The van der Waals surface area contributed by atoms with Crippen molar-refractivity contribution in [2.24, 2.45) is 7.05 Å². The summed E-state index contributed by atoms with van der Waals surface area (Å²) >= 11 is 0. The standard InChI is InChI=1S/C18H20N4O3/c1-21-16(23)9-8-15(20-21)17(24)19-12-13-4-6-14(7-5-13)18(25)22-10-2-3-11-22/h4-9H,2-3,10-12H2,1H3,(H,19,24). The molecule has 0 unspecified atom stereocenters. The van der Waals surface area contributed by atoms with E-state index in [1.54, 1.807) is 12.1 Å². The molecule has 1 aromatic carbocycles. The van der Waals surface area contributed by atoms with E-state index in [1.165, 1.54) is 19.2 Å². The lowest BCUT2D eigenvalue weighted by Gasteiger charge is -2.15. The number of nitrogens with zero attached hydrogens (tertiary/aromatic N) is 3. The third kappa shape index (κ3) is 3.93. The first-order valence-electron chi connectivity index (χ1n) is 8.25. The smallest absolute Gasteiger partial charge is 0.271 e. The predicted molar refractivity (Wildman–Crippen MR) is 92.2 cm³/mol. The number of carbonyl (C=O) groups excluding carboxylic acids is 2. The topological polar surface area (TPSA) is 84.3 Å². The second kappa shape index (κ2) is 7.29. The van der Waals surface area contributed by atoms with Crippen molar-refractivity contribution in [3.63, 3.8) is 0 Å². The van der Waals surface area contributed by atoms with Gasteiger partial charge in [0.1, 0.15) is 5.69 Å². The van der Waals surface area contributed by atoms with Crippen molar-refractivity contribution >= 4 is 11.8 Å². The number of benzene rings is 1. The van der Waals surface area contributed by atoms with Crippen LogP contribution in [0, 0.1) is 0 Å². The average Bonchev–Trinajstić information content (AvgIpc) is 3.16. The molecule has 1 aliphatic rings. The number of hydrogen-bond donors (Lipinski definition) is 1. The summed E-state index contributed by atoms with van der Waals surface area (Å²) in [5.41, 5.74) is 1.46. The van der Waals surface area contributed by atoms with Crippen LogP contribution in [-0.2, 0) is 13.6 Å². The summed E-state index contributed by atoms with van der Waals surface area (Å²) in [5.74, 6) is -0.296. The van der Waals surface area contributed by atoms with E-state index in [4.69, 9.17) is 0 Å². The molecule has 1 fully saturated rings. The van der Waals surface area contributed by atoms with Crippen molar-refractivity contribution in [2.45, 2.75) is 19.4 Å². The van der Waals surface area contributed by atoms with E-state index in [1.807, 2.05) is 17.0 Å². The summed E-state index contributed by atoms with van der Waals surface area (Å²) in [5, 5.41) is 6.66. The van der Waals surface area contributed by atoms with Crippen molar-refractivity contribution in [3.8, 4) is 0 Å². The zero-order valence-electron chi connectivity index (χ0n) is 14.1. The Balaban J connectivity index is 1.59. The molecular weight excluding hydrogens is 320 g/mol. The molecule has 0 radical (unpaired) electrons. The zero-order chi connectivity index (χ0) is 17.8. The van der Waals surface area contributed by atoms with Gasteiger partial charge in [-0.2, -0.15) is 5.10 Å². The van der Waals surface area contributed by atoms with Gasteiger partial charge in [-0.3, -0.25) is 14.4 Å². The lowest BCUT2D eigenvalue weighted by molar-refractivity contribution is 0.0792. The fraction of sp³-hybridized carbons (Fsp3) is 0.333. The van der Waals surface area contributed by atoms with Crippen LogP contribution in [0.2, 0.25) is 0 Å². The van der Waals surface area contributed by atoms with E-state index >= 15 is 0 Å². The van der Waals surface area contributed by atoms with Gasteiger partial charge in [-0.15, -0.1) is 0 Å². The number of aryl methyl sites for hydroxylation is 1. The first kappa shape index (κ1) is 16.9. The second-order valence-electron chi connectivity index (χ2n) is 6.06. The molecule has 1 aromatic heterocycles. The highest BCUT2D eigenvalue weighted by Gasteiger charge is 2.19. The Bertz CT molecular complexity index is 836. The van der Waals surface area contributed by atoms with E-state index in [2.05, 4.69) is 10.4 Å². The van der Waals surface area contributed by atoms with Gasteiger partial charge in [0.05, 0.1) is 0 Å². The first-order chi connectivity index (χ1) is 12.0. The highest BCUT2D eigenvalue weighted by molar-refractivity contribution is 5.94. The number of likely N-dealkylation sites (tertiary alicyclic amines) is 1. The van der Waals surface area contributed by atoms with Crippen LogP contribution >= 0.6 is 0 Å². The summed E-state index contributed by atoms with van der Waals surface area (Å²) in [7, 11) is 1.50. The van der Waals surface area contributed by atoms with Gasteiger partial charge in [-0.1, -0.05) is 12.1 Å². The van der Waals surface area contributed by atoms with Crippen molar-refractivity contribution in [1.29, 1.82) is 0 Å². The number of rotatable bonds is 4. The number of amides is 2. The van der Waals surface area contributed by atoms with E-state index in [0.29, 0.717) is 12.1 Å². The summed E-state index contributed by atoms with van der Waals surface area (Å²) in [6.07, 6.45) is 2.13.